The number of anilines is 1. The molecular weight excluding hydrogens is 184 g/mol. The van der Waals surface area contributed by atoms with Gasteiger partial charge < -0.3 is 10.7 Å². The van der Waals surface area contributed by atoms with Crippen molar-refractivity contribution in [3.63, 3.8) is 0 Å². The van der Waals surface area contributed by atoms with Crippen LogP contribution in [0, 0.1) is 12.3 Å². The first-order chi connectivity index (χ1) is 7.29. The molecule has 0 radical (unpaired) electrons. The molecule has 1 fully saturated rings. The fraction of sp³-hybridized carbons (Fsp3) is 0.462. The monoisotopic (exact) mass is 202 g/mol. The van der Waals surface area contributed by atoms with Gasteiger partial charge in [0.25, 0.3) is 0 Å². The van der Waals surface area contributed by atoms with E-state index in [0.717, 1.165) is 11.3 Å². The van der Waals surface area contributed by atoms with E-state index in [1.54, 1.807) is 0 Å². The minimum absolute atomic E-state index is 0.617. The molecule has 0 aromatic heterocycles. The first-order valence-electron chi connectivity index (χ1n) is 5.67. The van der Waals surface area contributed by atoms with Crippen molar-refractivity contribution in [1.82, 2.24) is 0 Å². The second-order valence-electron chi connectivity index (χ2n) is 4.36. The van der Waals surface area contributed by atoms with Gasteiger partial charge in [-0.1, -0.05) is 24.5 Å². The molecule has 0 aliphatic heterocycles. The fourth-order valence-corrected chi connectivity index (χ4v) is 2.22. The van der Waals surface area contributed by atoms with Gasteiger partial charge in [-0.15, -0.1) is 0 Å². The van der Waals surface area contributed by atoms with E-state index in [9.17, 15) is 0 Å². The molecule has 1 aromatic rings. The predicted molar refractivity (Wildman–Crippen MR) is 64.9 cm³/mol. The van der Waals surface area contributed by atoms with Crippen LogP contribution in [0.5, 0.6) is 0 Å². The van der Waals surface area contributed by atoms with Crippen molar-refractivity contribution in [2.24, 2.45) is 0 Å². The maximum atomic E-state index is 7.39. The topological polar surface area (TPSA) is 35.9 Å². The summed E-state index contributed by atoms with van der Waals surface area (Å²) < 4.78 is 0. The van der Waals surface area contributed by atoms with E-state index in [1.165, 1.54) is 37.5 Å². The molecule has 2 N–H and O–H groups in total. The van der Waals surface area contributed by atoms with Gasteiger partial charge in [0.05, 0.1) is 0 Å². The third-order valence-corrected chi connectivity index (χ3v) is 3.08. The molecule has 0 saturated heterocycles. The Balaban J connectivity index is 2.15. The minimum Gasteiger partial charge on any atom is -0.382 e. The number of rotatable bonds is 3. The summed E-state index contributed by atoms with van der Waals surface area (Å²) in [7, 11) is 0. The van der Waals surface area contributed by atoms with Crippen LogP contribution in [0.2, 0.25) is 0 Å². The summed E-state index contributed by atoms with van der Waals surface area (Å²) in [5.74, 6) is 0. The standard InChI is InChI=1S/C13H18N2/c1-10-6-7-13(11(8-10)9-14)15-12-4-2-3-5-12/h6-9,12,14-15H,2-5H2,1H3. The highest BCUT2D eigenvalue weighted by Gasteiger charge is 2.15. The van der Waals surface area contributed by atoms with Gasteiger partial charge in [0.15, 0.2) is 0 Å². The van der Waals surface area contributed by atoms with Crippen LogP contribution in [0.3, 0.4) is 0 Å². The maximum Gasteiger partial charge on any atom is 0.0431 e. The zero-order valence-electron chi connectivity index (χ0n) is 9.22. The smallest absolute Gasteiger partial charge is 0.0431 e. The van der Waals surface area contributed by atoms with E-state index in [0.29, 0.717) is 6.04 Å². The van der Waals surface area contributed by atoms with Gasteiger partial charge in [0, 0.05) is 23.5 Å². The normalized spacial score (nSPS) is 16.6. The molecule has 2 rings (SSSR count). The quantitative estimate of drug-likeness (QED) is 0.724. The Morgan fingerprint density at radius 3 is 2.73 bits per heavy atom. The van der Waals surface area contributed by atoms with Gasteiger partial charge in [-0.25, -0.2) is 0 Å². The van der Waals surface area contributed by atoms with Crippen molar-refractivity contribution in [2.75, 3.05) is 5.32 Å². The molecule has 2 nitrogen and oxygen atoms in total. The molecule has 1 saturated carbocycles. The molecule has 0 amide bonds. The van der Waals surface area contributed by atoms with Crippen molar-refractivity contribution >= 4 is 11.9 Å². The fourth-order valence-electron chi connectivity index (χ4n) is 2.22. The number of benzene rings is 1. The van der Waals surface area contributed by atoms with E-state index in [2.05, 4.69) is 30.4 Å². The van der Waals surface area contributed by atoms with Crippen molar-refractivity contribution < 1.29 is 0 Å². The molecule has 0 unspecified atom stereocenters. The van der Waals surface area contributed by atoms with Gasteiger partial charge in [0.1, 0.15) is 0 Å². The van der Waals surface area contributed by atoms with Gasteiger partial charge in [0.2, 0.25) is 0 Å². The average Bonchev–Trinajstić information content (AvgIpc) is 2.73. The summed E-state index contributed by atoms with van der Waals surface area (Å²) in [6, 6.07) is 6.87. The summed E-state index contributed by atoms with van der Waals surface area (Å²) >= 11 is 0. The molecule has 80 valence electrons. The van der Waals surface area contributed by atoms with Crippen LogP contribution in [0.25, 0.3) is 0 Å². The second-order valence-corrected chi connectivity index (χ2v) is 4.36. The van der Waals surface area contributed by atoms with Gasteiger partial charge in [-0.3, -0.25) is 0 Å². The van der Waals surface area contributed by atoms with E-state index in [4.69, 9.17) is 5.41 Å². The third-order valence-electron chi connectivity index (χ3n) is 3.08. The first-order valence-corrected chi connectivity index (χ1v) is 5.67. The van der Waals surface area contributed by atoms with E-state index in [1.807, 2.05) is 0 Å². The zero-order valence-corrected chi connectivity index (χ0v) is 9.22. The van der Waals surface area contributed by atoms with E-state index in [-0.39, 0.29) is 0 Å². The van der Waals surface area contributed by atoms with Gasteiger partial charge in [-0.05, 0) is 31.9 Å². The first kappa shape index (κ1) is 10.2. The summed E-state index contributed by atoms with van der Waals surface area (Å²) in [5, 5.41) is 10.9. The lowest BCUT2D eigenvalue weighted by Gasteiger charge is -2.15. The number of aryl methyl sites for hydroxylation is 1. The predicted octanol–water partition coefficient (Wildman–Crippen LogP) is 3.35. The lowest BCUT2D eigenvalue weighted by atomic mass is 10.1. The molecule has 1 aliphatic rings. The Kier molecular flexibility index (Phi) is 3.05. The Hall–Kier alpha value is -1.31. The molecule has 2 heteroatoms. The lowest BCUT2D eigenvalue weighted by Crippen LogP contribution is -2.15. The lowest BCUT2D eigenvalue weighted by molar-refractivity contribution is 0.755. The molecule has 15 heavy (non-hydrogen) atoms. The van der Waals surface area contributed by atoms with Crippen molar-refractivity contribution in [1.29, 1.82) is 5.41 Å². The molecule has 0 bridgehead atoms. The average molecular weight is 202 g/mol. The van der Waals surface area contributed by atoms with E-state index >= 15 is 0 Å². The maximum absolute atomic E-state index is 7.39. The summed E-state index contributed by atoms with van der Waals surface area (Å²) in [4.78, 5) is 0. The zero-order chi connectivity index (χ0) is 10.7. The van der Waals surface area contributed by atoms with Gasteiger partial charge >= 0.3 is 0 Å². The van der Waals surface area contributed by atoms with Crippen LogP contribution in [-0.2, 0) is 0 Å². The molecular formula is C13H18N2. The van der Waals surface area contributed by atoms with Crippen LogP contribution in [0.1, 0.15) is 36.8 Å². The number of hydrogen-bond acceptors (Lipinski definition) is 2. The summed E-state index contributed by atoms with van der Waals surface area (Å²) in [6.45, 7) is 2.06. The second kappa shape index (κ2) is 4.47. The molecule has 0 atom stereocenters. The van der Waals surface area contributed by atoms with Gasteiger partial charge in [-0.2, -0.15) is 0 Å². The number of hydrogen-bond donors (Lipinski definition) is 2. The highest BCUT2D eigenvalue weighted by molar-refractivity contribution is 5.86. The van der Waals surface area contributed by atoms with Crippen LogP contribution in [0.15, 0.2) is 18.2 Å². The summed E-state index contributed by atoms with van der Waals surface area (Å²) in [5.41, 5.74) is 3.33. The van der Waals surface area contributed by atoms with Crippen LogP contribution >= 0.6 is 0 Å². The van der Waals surface area contributed by atoms with Crippen LogP contribution < -0.4 is 5.32 Å². The largest absolute Gasteiger partial charge is 0.382 e. The Morgan fingerprint density at radius 2 is 2.07 bits per heavy atom. The van der Waals surface area contributed by atoms with Crippen molar-refractivity contribution in [3.8, 4) is 0 Å². The SMILES string of the molecule is Cc1ccc(NC2CCCC2)c(C=N)c1. The van der Waals surface area contributed by atoms with Crippen molar-refractivity contribution in [3.05, 3.63) is 29.3 Å². The Morgan fingerprint density at radius 1 is 1.33 bits per heavy atom. The van der Waals surface area contributed by atoms with Crippen molar-refractivity contribution in [2.45, 2.75) is 38.6 Å². The molecule has 0 spiro atoms. The Bertz CT molecular complexity index is 352. The number of nitrogens with one attached hydrogen (secondary N) is 2. The van der Waals surface area contributed by atoms with Crippen LogP contribution in [0.4, 0.5) is 5.69 Å². The highest BCUT2D eigenvalue weighted by Crippen LogP contribution is 2.24. The Labute approximate surface area is 91.2 Å². The summed E-state index contributed by atoms with van der Waals surface area (Å²) in [6.07, 6.45) is 6.65. The molecule has 0 heterocycles. The third kappa shape index (κ3) is 2.38. The highest BCUT2D eigenvalue weighted by atomic mass is 14.9. The molecule has 1 aliphatic carbocycles. The van der Waals surface area contributed by atoms with Crippen LogP contribution in [-0.4, -0.2) is 12.3 Å². The van der Waals surface area contributed by atoms with E-state index < -0.39 is 0 Å². The minimum atomic E-state index is 0.617. The molecule has 1 aromatic carbocycles.